The number of urea groups is 1. The first-order chi connectivity index (χ1) is 12.5. The smallest absolute Gasteiger partial charge is 0.335 e. The zero-order valence-electron chi connectivity index (χ0n) is 13.9. The Kier molecular flexibility index (Phi) is 4.70. The van der Waals surface area contributed by atoms with Gasteiger partial charge in [-0.05, 0) is 42.8 Å². The van der Waals surface area contributed by atoms with Gasteiger partial charge in [0, 0.05) is 0 Å². The summed E-state index contributed by atoms with van der Waals surface area (Å²) in [5.74, 6) is -1.31. The summed E-state index contributed by atoms with van der Waals surface area (Å²) in [5.41, 5.74) is 0.641. The van der Waals surface area contributed by atoms with Crippen LogP contribution >= 0.6 is 0 Å². The first-order valence-electron chi connectivity index (χ1n) is 7.93. The van der Waals surface area contributed by atoms with Crippen LogP contribution in [0.5, 0.6) is 11.5 Å². The third-order valence-electron chi connectivity index (χ3n) is 3.71. The molecule has 4 amide bonds. The van der Waals surface area contributed by atoms with Crippen LogP contribution in [0.15, 0.2) is 54.1 Å². The number of rotatable bonds is 4. The lowest BCUT2D eigenvalue weighted by Crippen LogP contribution is -2.54. The second kappa shape index (κ2) is 7.10. The fraction of sp³-hybridized carbons (Fsp3) is 0.105. The van der Waals surface area contributed by atoms with Crippen molar-refractivity contribution in [2.45, 2.75) is 6.92 Å². The van der Waals surface area contributed by atoms with E-state index in [9.17, 15) is 19.5 Å². The maximum Gasteiger partial charge on any atom is 0.335 e. The minimum atomic E-state index is -0.802. The molecule has 0 atom stereocenters. The summed E-state index contributed by atoms with van der Waals surface area (Å²) in [5, 5.41) is 11.9. The maximum atomic E-state index is 12.7. The largest absolute Gasteiger partial charge is 0.504 e. The molecule has 1 aliphatic heterocycles. The number of phenolic OH excluding ortho intramolecular Hbond substituents is 1. The topological polar surface area (TPSA) is 95.9 Å². The minimum Gasteiger partial charge on any atom is -0.504 e. The van der Waals surface area contributed by atoms with Crippen molar-refractivity contribution in [1.82, 2.24) is 5.32 Å². The Morgan fingerprint density at radius 1 is 1.12 bits per heavy atom. The molecule has 3 rings (SSSR count). The van der Waals surface area contributed by atoms with Crippen LogP contribution in [-0.2, 0) is 9.59 Å². The highest BCUT2D eigenvalue weighted by atomic mass is 16.5. The van der Waals surface area contributed by atoms with E-state index in [0.29, 0.717) is 17.9 Å². The van der Waals surface area contributed by atoms with E-state index in [4.69, 9.17) is 4.74 Å². The highest BCUT2D eigenvalue weighted by Gasteiger charge is 2.36. The Morgan fingerprint density at radius 3 is 2.54 bits per heavy atom. The molecule has 132 valence electrons. The van der Waals surface area contributed by atoms with Gasteiger partial charge in [-0.3, -0.25) is 14.9 Å². The molecule has 2 aromatic carbocycles. The molecular formula is C19H16N2O5. The molecule has 1 fully saturated rings. The van der Waals surface area contributed by atoms with E-state index in [1.807, 2.05) is 0 Å². The van der Waals surface area contributed by atoms with Gasteiger partial charge in [-0.1, -0.05) is 24.3 Å². The van der Waals surface area contributed by atoms with Crippen LogP contribution in [0.25, 0.3) is 6.08 Å². The van der Waals surface area contributed by atoms with E-state index in [2.05, 4.69) is 5.32 Å². The van der Waals surface area contributed by atoms with E-state index in [-0.39, 0.29) is 17.1 Å². The molecule has 0 radical (unpaired) electrons. The van der Waals surface area contributed by atoms with Crippen LogP contribution in [-0.4, -0.2) is 29.6 Å². The standard InChI is InChI=1S/C19H16N2O5/c1-2-26-16-11-12(8-9-15(16)22)10-14-17(23)20-19(25)21(18(14)24)13-6-4-3-5-7-13/h3-11,22H,2H2,1H3,(H,20,23,25)/b14-10-. The number of nitrogens with zero attached hydrogens (tertiary/aromatic N) is 1. The molecule has 0 unspecified atom stereocenters. The van der Waals surface area contributed by atoms with Crippen LogP contribution < -0.4 is 15.0 Å². The molecule has 2 aromatic rings. The van der Waals surface area contributed by atoms with Gasteiger partial charge in [0.15, 0.2) is 11.5 Å². The van der Waals surface area contributed by atoms with E-state index in [1.54, 1.807) is 37.3 Å². The number of nitrogens with one attached hydrogen (secondary N) is 1. The quantitative estimate of drug-likeness (QED) is 0.651. The molecule has 0 bridgehead atoms. The lowest BCUT2D eigenvalue weighted by atomic mass is 10.1. The fourth-order valence-corrected chi connectivity index (χ4v) is 2.53. The van der Waals surface area contributed by atoms with E-state index in [0.717, 1.165) is 4.90 Å². The molecule has 7 heteroatoms. The Hall–Kier alpha value is -3.61. The normalized spacial score (nSPS) is 16.0. The summed E-state index contributed by atoms with van der Waals surface area (Å²) in [6, 6.07) is 12.0. The summed E-state index contributed by atoms with van der Waals surface area (Å²) in [4.78, 5) is 37.9. The Labute approximate surface area is 149 Å². The maximum absolute atomic E-state index is 12.7. The van der Waals surface area contributed by atoms with Gasteiger partial charge in [-0.15, -0.1) is 0 Å². The zero-order chi connectivity index (χ0) is 18.7. The van der Waals surface area contributed by atoms with E-state index >= 15 is 0 Å². The van der Waals surface area contributed by atoms with Gasteiger partial charge in [0.2, 0.25) is 0 Å². The SMILES string of the molecule is CCOc1cc(/C=C2/C(=O)NC(=O)N(c3ccccc3)C2=O)ccc1O. The number of phenols is 1. The number of barbiturate groups is 1. The van der Waals surface area contributed by atoms with Gasteiger partial charge in [-0.2, -0.15) is 0 Å². The molecule has 1 aliphatic rings. The van der Waals surface area contributed by atoms with E-state index < -0.39 is 17.8 Å². The molecule has 0 aliphatic carbocycles. The number of ether oxygens (including phenoxy) is 1. The average molecular weight is 352 g/mol. The van der Waals surface area contributed by atoms with Crippen molar-refractivity contribution < 1.29 is 24.2 Å². The van der Waals surface area contributed by atoms with Crippen molar-refractivity contribution >= 4 is 29.6 Å². The summed E-state index contributed by atoms with van der Waals surface area (Å²) in [6.07, 6.45) is 1.35. The minimum absolute atomic E-state index is 0.0467. The first-order valence-corrected chi connectivity index (χ1v) is 7.93. The van der Waals surface area contributed by atoms with E-state index in [1.165, 1.54) is 24.3 Å². The number of hydrogen-bond donors (Lipinski definition) is 2. The monoisotopic (exact) mass is 352 g/mol. The number of hydrogen-bond acceptors (Lipinski definition) is 5. The third kappa shape index (κ3) is 3.27. The number of benzene rings is 2. The molecule has 26 heavy (non-hydrogen) atoms. The third-order valence-corrected chi connectivity index (χ3v) is 3.71. The molecule has 7 nitrogen and oxygen atoms in total. The van der Waals surface area contributed by atoms with Crippen LogP contribution in [0.2, 0.25) is 0 Å². The molecular weight excluding hydrogens is 336 g/mol. The molecule has 0 spiro atoms. The Balaban J connectivity index is 1.99. The van der Waals surface area contributed by atoms with Crippen molar-refractivity contribution in [3.05, 3.63) is 59.7 Å². The molecule has 2 N–H and O–H groups in total. The van der Waals surface area contributed by atoms with Crippen molar-refractivity contribution in [2.24, 2.45) is 0 Å². The van der Waals surface area contributed by atoms with Gasteiger partial charge in [0.25, 0.3) is 11.8 Å². The zero-order valence-corrected chi connectivity index (χ0v) is 13.9. The Morgan fingerprint density at radius 2 is 1.85 bits per heavy atom. The second-order valence-electron chi connectivity index (χ2n) is 5.45. The average Bonchev–Trinajstić information content (AvgIpc) is 2.62. The first kappa shape index (κ1) is 17.2. The van der Waals surface area contributed by atoms with Crippen molar-refractivity contribution in [1.29, 1.82) is 0 Å². The number of para-hydroxylation sites is 1. The second-order valence-corrected chi connectivity index (χ2v) is 5.45. The van der Waals surface area contributed by atoms with Crippen LogP contribution in [0.3, 0.4) is 0 Å². The number of imide groups is 2. The number of aromatic hydroxyl groups is 1. The van der Waals surface area contributed by atoms with Gasteiger partial charge < -0.3 is 9.84 Å². The van der Waals surface area contributed by atoms with Crippen LogP contribution in [0.4, 0.5) is 10.5 Å². The number of amides is 4. The predicted molar refractivity (Wildman–Crippen MR) is 94.7 cm³/mol. The van der Waals surface area contributed by atoms with Gasteiger partial charge >= 0.3 is 6.03 Å². The van der Waals surface area contributed by atoms with Crippen molar-refractivity contribution in [2.75, 3.05) is 11.5 Å². The molecule has 1 heterocycles. The van der Waals surface area contributed by atoms with Crippen LogP contribution in [0, 0.1) is 0 Å². The molecule has 1 saturated heterocycles. The predicted octanol–water partition coefficient (Wildman–Crippen LogP) is 2.46. The van der Waals surface area contributed by atoms with Crippen molar-refractivity contribution in [3.8, 4) is 11.5 Å². The van der Waals surface area contributed by atoms with Crippen molar-refractivity contribution in [3.63, 3.8) is 0 Å². The number of carbonyl (C=O) groups is 3. The highest BCUT2D eigenvalue weighted by Crippen LogP contribution is 2.28. The Bertz CT molecular complexity index is 905. The lowest BCUT2D eigenvalue weighted by molar-refractivity contribution is -0.122. The fourth-order valence-electron chi connectivity index (χ4n) is 2.53. The lowest BCUT2D eigenvalue weighted by Gasteiger charge is -2.26. The number of anilines is 1. The van der Waals surface area contributed by atoms with Gasteiger partial charge in [0.05, 0.1) is 12.3 Å². The number of carbonyl (C=O) groups excluding carboxylic acids is 3. The van der Waals surface area contributed by atoms with Crippen LogP contribution in [0.1, 0.15) is 12.5 Å². The van der Waals surface area contributed by atoms with Gasteiger partial charge in [-0.25, -0.2) is 9.69 Å². The summed E-state index contributed by atoms with van der Waals surface area (Å²) >= 11 is 0. The summed E-state index contributed by atoms with van der Waals surface area (Å²) in [6.45, 7) is 2.12. The van der Waals surface area contributed by atoms with Gasteiger partial charge in [0.1, 0.15) is 5.57 Å². The summed E-state index contributed by atoms with van der Waals surface area (Å²) < 4.78 is 5.30. The highest BCUT2D eigenvalue weighted by molar-refractivity contribution is 6.39. The molecule has 0 aromatic heterocycles. The molecule has 0 saturated carbocycles. The summed E-state index contributed by atoms with van der Waals surface area (Å²) in [7, 11) is 0.